The average Bonchev–Trinajstić information content (AvgIpc) is 2.38. The van der Waals surface area contributed by atoms with Gasteiger partial charge in [0.05, 0.1) is 13.2 Å². The van der Waals surface area contributed by atoms with E-state index in [2.05, 4.69) is 5.48 Å². The highest BCUT2D eigenvalue weighted by atomic mass is 19.1. The van der Waals surface area contributed by atoms with Crippen molar-refractivity contribution in [3.8, 4) is 0 Å². The molecule has 0 saturated carbocycles. The van der Waals surface area contributed by atoms with Crippen LogP contribution in [-0.2, 0) is 18.0 Å². The molecule has 0 aliphatic carbocycles. The summed E-state index contributed by atoms with van der Waals surface area (Å²) in [7, 11) is 0. The van der Waals surface area contributed by atoms with E-state index < -0.39 is 11.6 Å². The molecule has 0 atom stereocenters. The molecule has 0 saturated heterocycles. The van der Waals surface area contributed by atoms with Crippen LogP contribution in [0.2, 0.25) is 0 Å². The number of rotatable bonds is 5. The Kier molecular flexibility index (Phi) is 4.39. The second kappa shape index (κ2) is 6.23. The van der Waals surface area contributed by atoms with Crippen molar-refractivity contribution in [2.45, 2.75) is 13.2 Å². The fourth-order valence-electron chi connectivity index (χ4n) is 1.53. The normalized spacial score (nSPS) is 10.6. The van der Waals surface area contributed by atoms with Gasteiger partial charge >= 0.3 is 0 Å². The van der Waals surface area contributed by atoms with E-state index in [-0.39, 0.29) is 12.1 Å². The molecule has 4 heteroatoms. The first kappa shape index (κ1) is 12.7. The molecule has 0 spiro atoms. The van der Waals surface area contributed by atoms with Crippen molar-refractivity contribution < 1.29 is 13.6 Å². The zero-order valence-corrected chi connectivity index (χ0v) is 9.70. The van der Waals surface area contributed by atoms with Gasteiger partial charge in [-0.2, -0.15) is 5.48 Å². The standard InChI is InChI=1S/C14H13F2NO/c15-13-7-4-8-14(16)12(13)9-17-18-10-11-5-2-1-3-6-11/h1-8,17H,9-10H2. The Labute approximate surface area is 104 Å². The number of hydroxylamine groups is 1. The monoisotopic (exact) mass is 249 g/mol. The minimum Gasteiger partial charge on any atom is -0.297 e. The smallest absolute Gasteiger partial charge is 0.130 e. The van der Waals surface area contributed by atoms with Gasteiger partial charge in [-0.25, -0.2) is 8.78 Å². The second-order valence-electron chi connectivity index (χ2n) is 3.80. The molecule has 0 aromatic heterocycles. The minimum atomic E-state index is -0.578. The average molecular weight is 249 g/mol. The first-order valence-corrected chi connectivity index (χ1v) is 5.59. The van der Waals surface area contributed by atoms with Gasteiger partial charge in [0.1, 0.15) is 11.6 Å². The molecule has 0 bridgehead atoms. The molecule has 0 amide bonds. The highest BCUT2D eigenvalue weighted by Gasteiger charge is 2.07. The van der Waals surface area contributed by atoms with E-state index in [1.807, 2.05) is 30.3 Å². The van der Waals surface area contributed by atoms with Gasteiger partial charge in [0, 0.05) is 5.56 Å². The van der Waals surface area contributed by atoms with Crippen LogP contribution in [0.4, 0.5) is 8.78 Å². The number of hydrogen-bond donors (Lipinski definition) is 1. The highest BCUT2D eigenvalue weighted by Crippen LogP contribution is 2.11. The van der Waals surface area contributed by atoms with Crippen molar-refractivity contribution in [2.24, 2.45) is 0 Å². The second-order valence-corrected chi connectivity index (χ2v) is 3.80. The lowest BCUT2D eigenvalue weighted by atomic mass is 10.2. The summed E-state index contributed by atoms with van der Waals surface area (Å²) in [5.74, 6) is -1.16. The van der Waals surface area contributed by atoms with Gasteiger partial charge in [-0.15, -0.1) is 0 Å². The van der Waals surface area contributed by atoms with Gasteiger partial charge in [-0.1, -0.05) is 36.4 Å². The fraction of sp³-hybridized carbons (Fsp3) is 0.143. The van der Waals surface area contributed by atoms with Gasteiger partial charge in [0.2, 0.25) is 0 Å². The summed E-state index contributed by atoms with van der Waals surface area (Å²) in [4.78, 5) is 5.15. The van der Waals surface area contributed by atoms with Crippen LogP contribution in [-0.4, -0.2) is 0 Å². The molecule has 1 N–H and O–H groups in total. The van der Waals surface area contributed by atoms with Gasteiger partial charge < -0.3 is 0 Å². The van der Waals surface area contributed by atoms with Crippen LogP contribution in [0.25, 0.3) is 0 Å². The number of benzene rings is 2. The lowest BCUT2D eigenvalue weighted by molar-refractivity contribution is 0.0224. The van der Waals surface area contributed by atoms with E-state index in [0.717, 1.165) is 5.56 Å². The Morgan fingerprint density at radius 2 is 1.56 bits per heavy atom. The SMILES string of the molecule is Fc1cccc(F)c1CNOCc1ccccc1. The van der Waals surface area contributed by atoms with Crippen LogP contribution < -0.4 is 5.48 Å². The molecule has 2 rings (SSSR count). The van der Waals surface area contributed by atoms with E-state index in [1.165, 1.54) is 18.2 Å². The van der Waals surface area contributed by atoms with Gasteiger partial charge in [-0.3, -0.25) is 4.84 Å². The maximum absolute atomic E-state index is 13.3. The third-order valence-electron chi connectivity index (χ3n) is 2.49. The van der Waals surface area contributed by atoms with Crippen molar-refractivity contribution in [3.63, 3.8) is 0 Å². The zero-order valence-electron chi connectivity index (χ0n) is 9.70. The van der Waals surface area contributed by atoms with E-state index in [0.29, 0.717) is 6.61 Å². The molecule has 0 radical (unpaired) electrons. The minimum absolute atomic E-state index is 0.00859. The molecular formula is C14H13F2NO. The molecule has 2 nitrogen and oxygen atoms in total. The fourth-order valence-corrected chi connectivity index (χ4v) is 1.53. The van der Waals surface area contributed by atoms with Crippen molar-refractivity contribution in [1.29, 1.82) is 0 Å². The van der Waals surface area contributed by atoms with E-state index in [4.69, 9.17) is 4.84 Å². The number of halogens is 2. The van der Waals surface area contributed by atoms with Crippen LogP contribution >= 0.6 is 0 Å². The number of hydrogen-bond acceptors (Lipinski definition) is 2. The summed E-state index contributed by atoms with van der Waals surface area (Å²) in [6.07, 6.45) is 0. The summed E-state index contributed by atoms with van der Waals surface area (Å²) in [5.41, 5.74) is 3.51. The summed E-state index contributed by atoms with van der Waals surface area (Å²) in [5, 5.41) is 0. The highest BCUT2D eigenvalue weighted by molar-refractivity contribution is 5.19. The number of nitrogens with one attached hydrogen (secondary N) is 1. The zero-order chi connectivity index (χ0) is 12.8. The Balaban J connectivity index is 1.82. The summed E-state index contributed by atoms with van der Waals surface area (Å²) in [6, 6.07) is 13.3. The lowest BCUT2D eigenvalue weighted by Gasteiger charge is -2.07. The maximum Gasteiger partial charge on any atom is 0.130 e. The molecule has 0 aliphatic heterocycles. The first-order valence-electron chi connectivity index (χ1n) is 5.59. The topological polar surface area (TPSA) is 21.3 Å². The summed E-state index contributed by atoms with van der Waals surface area (Å²) in [6.45, 7) is 0.336. The third-order valence-corrected chi connectivity index (χ3v) is 2.49. The maximum atomic E-state index is 13.3. The van der Waals surface area contributed by atoms with Crippen molar-refractivity contribution in [1.82, 2.24) is 5.48 Å². The Morgan fingerprint density at radius 1 is 0.889 bits per heavy atom. The summed E-state index contributed by atoms with van der Waals surface area (Å²) >= 11 is 0. The van der Waals surface area contributed by atoms with E-state index >= 15 is 0 Å². The van der Waals surface area contributed by atoms with E-state index in [9.17, 15) is 8.78 Å². The molecule has 18 heavy (non-hydrogen) atoms. The molecule has 0 heterocycles. The predicted octanol–water partition coefficient (Wildman–Crippen LogP) is 3.19. The Morgan fingerprint density at radius 3 is 2.22 bits per heavy atom. The quantitative estimate of drug-likeness (QED) is 0.649. The third kappa shape index (κ3) is 3.35. The molecule has 0 aliphatic rings. The summed E-state index contributed by atoms with van der Waals surface area (Å²) < 4.78 is 26.5. The molecular weight excluding hydrogens is 236 g/mol. The molecule has 0 unspecified atom stereocenters. The van der Waals surface area contributed by atoms with Crippen LogP contribution in [0.3, 0.4) is 0 Å². The van der Waals surface area contributed by atoms with Crippen LogP contribution in [0.15, 0.2) is 48.5 Å². The van der Waals surface area contributed by atoms with Crippen molar-refractivity contribution >= 4 is 0 Å². The Bertz CT molecular complexity index is 482. The van der Waals surface area contributed by atoms with Crippen LogP contribution in [0, 0.1) is 11.6 Å². The lowest BCUT2D eigenvalue weighted by Crippen LogP contribution is -2.16. The molecule has 2 aromatic carbocycles. The van der Waals surface area contributed by atoms with Gasteiger partial charge in [0.15, 0.2) is 0 Å². The molecule has 2 aromatic rings. The molecule has 94 valence electrons. The van der Waals surface area contributed by atoms with Crippen LogP contribution in [0.1, 0.15) is 11.1 Å². The van der Waals surface area contributed by atoms with E-state index in [1.54, 1.807) is 0 Å². The van der Waals surface area contributed by atoms with Crippen LogP contribution in [0.5, 0.6) is 0 Å². The predicted molar refractivity (Wildman–Crippen MR) is 64.4 cm³/mol. The van der Waals surface area contributed by atoms with Crippen molar-refractivity contribution in [2.75, 3.05) is 0 Å². The first-order chi connectivity index (χ1) is 8.77. The molecule has 0 fully saturated rings. The largest absolute Gasteiger partial charge is 0.297 e. The van der Waals surface area contributed by atoms with Crippen molar-refractivity contribution in [3.05, 3.63) is 71.3 Å². The Hall–Kier alpha value is -1.78. The van der Waals surface area contributed by atoms with Gasteiger partial charge in [-0.05, 0) is 17.7 Å². The van der Waals surface area contributed by atoms with Gasteiger partial charge in [0.25, 0.3) is 0 Å².